The first-order valence-corrected chi connectivity index (χ1v) is 10.5. The summed E-state index contributed by atoms with van der Waals surface area (Å²) in [6, 6.07) is 10.1. The largest absolute Gasteiger partial charge is 0.507 e. The highest BCUT2D eigenvalue weighted by atomic mass is 32.1. The van der Waals surface area contributed by atoms with Crippen molar-refractivity contribution in [1.29, 1.82) is 0 Å². The van der Waals surface area contributed by atoms with Crippen LogP contribution < -0.4 is 4.74 Å². The summed E-state index contributed by atoms with van der Waals surface area (Å²) in [6.45, 7) is 3.62. The Balaban J connectivity index is 2.03. The van der Waals surface area contributed by atoms with Gasteiger partial charge in [-0.1, -0.05) is 18.2 Å². The Hall–Kier alpha value is -2.64. The van der Waals surface area contributed by atoms with E-state index in [-0.39, 0.29) is 11.3 Å². The Labute approximate surface area is 175 Å². The molecular formula is C22H26N2O4S. The molecular weight excluding hydrogens is 388 g/mol. The van der Waals surface area contributed by atoms with Gasteiger partial charge in [-0.15, -0.1) is 11.3 Å². The van der Waals surface area contributed by atoms with Crippen LogP contribution in [0.2, 0.25) is 0 Å². The van der Waals surface area contributed by atoms with E-state index in [1.165, 1.54) is 11.3 Å². The molecule has 0 spiro atoms. The van der Waals surface area contributed by atoms with Gasteiger partial charge in [-0.2, -0.15) is 0 Å². The summed E-state index contributed by atoms with van der Waals surface area (Å²) in [4.78, 5) is 30.2. The van der Waals surface area contributed by atoms with E-state index < -0.39 is 17.7 Å². The Kier molecular flexibility index (Phi) is 6.71. The average Bonchev–Trinajstić information content (AvgIpc) is 3.30. The van der Waals surface area contributed by atoms with E-state index in [0.29, 0.717) is 24.5 Å². The maximum absolute atomic E-state index is 12.9. The number of nitrogens with zero attached hydrogens (tertiary/aromatic N) is 2. The average molecular weight is 415 g/mol. The Morgan fingerprint density at radius 1 is 1.24 bits per heavy atom. The zero-order valence-electron chi connectivity index (χ0n) is 16.9. The summed E-state index contributed by atoms with van der Waals surface area (Å²) in [7, 11) is 3.94. The van der Waals surface area contributed by atoms with E-state index in [9.17, 15) is 14.7 Å². The molecule has 1 aliphatic rings. The summed E-state index contributed by atoms with van der Waals surface area (Å²) in [5.74, 6) is -0.778. The van der Waals surface area contributed by atoms with E-state index >= 15 is 0 Å². The van der Waals surface area contributed by atoms with Crippen molar-refractivity contribution in [3.63, 3.8) is 0 Å². The van der Waals surface area contributed by atoms with Crippen molar-refractivity contribution >= 4 is 28.8 Å². The molecule has 1 amide bonds. The number of carbonyl (C=O) groups is 2. The molecule has 154 valence electrons. The van der Waals surface area contributed by atoms with E-state index in [0.717, 1.165) is 17.8 Å². The summed E-state index contributed by atoms with van der Waals surface area (Å²) in [5, 5.41) is 12.9. The first-order chi connectivity index (χ1) is 13.9. The normalized spacial score (nSPS) is 18.6. The minimum atomic E-state index is -0.646. The number of hydrogen-bond acceptors (Lipinski definition) is 6. The molecule has 0 bridgehead atoms. The van der Waals surface area contributed by atoms with Gasteiger partial charge in [0.1, 0.15) is 11.5 Å². The number of aliphatic hydroxyl groups is 1. The molecule has 0 radical (unpaired) electrons. The molecule has 1 atom stereocenters. The molecule has 1 aromatic carbocycles. The lowest BCUT2D eigenvalue weighted by molar-refractivity contribution is -0.139. The maximum Gasteiger partial charge on any atom is 0.295 e. The van der Waals surface area contributed by atoms with Gasteiger partial charge in [0.2, 0.25) is 0 Å². The number of ketones is 1. The van der Waals surface area contributed by atoms with Gasteiger partial charge >= 0.3 is 0 Å². The molecule has 1 aliphatic heterocycles. The van der Waals surface area contributed by atoms with Crippen LogP contribution in [0.1, 0.15) is 29.8 Å². The predicted molar refractivity (Wildman–Crippen MR) is 114 cm³/mol. The molecule has 1 aromatic heterocycles. The van der Waals surface area contributed by atoms with E-state index in [4.69, 9.17) is 4.74 Å². The van der Waals surface area contributed by atoms with Crippen LogP contribution in [0.4, 0.5) is 0 Å². The highest BCUT2D eigenvalue weighted by molar-refractivity contribution is 7.10. The van der Waals surface area contributed by atoms with Crippen molar-refractivity contribution in [3.05, 3.63) is 57.8 Å². The minimum absolute atomic E-state index is 0.135. The SMILES string of the molecule is CCOc1cccc(/C(O)=C2/C(=O)C(=O)N(CCCN(C)C)C2c2cccs2)c1. The second kappa shape index (κ2) is 9.24. The number of ether oxygens (including phenoxy) is 1. The van der Waals surface area contributed by atoms with E-state index in [1.807, 2.05) is 43.4 Å². The summed E-state index contributed by atoms with van der Waals surface area (Å²) >= 11 is 1.47. The lowest BCUT2D eigenvalue weighted by Gasteiger charge is -2.24. The maximum atomic E-state index is 12.9. The van der Waals surface area contributed by atoms with Gasteiger partial charge in [-0.05, 0) is 57.6 Å². The van der Waals surface area contributed by atoms with Gasteiger partial charge in [0.15, 0.2) is 0 Å². The van der Waals surface area contributed by atoms with Crippen LogP contribution in [0.25, 0.3) is 5.76 Å². The van der Waals surface area contributed by atoms with Crippen molar-refractivity contribution in [2.45, 2.75) is 19.4 Å². The molecule has 1 unspecified atom stereocenters. The van der Waals surface area contributed by atoms with Gasteiger partial charge in [0.25, 0.3) is 11.7 Å². The molecule has 1 fully saturated rings. The number of Topliss-reactive ketones (excluding diaryl/α,β-unsaturated/α-hetero) is 1. The first kappa shape index (κ1) is 21.1. The van der Waals surface area contributed by atoms with Crippen LogP contribution >= 0.6 is 11.3 Å². The number of carbonyl (C=O) groups excluding carboxylic acids is 2. The molecule has 0 saturated carbocycles. The Morgan fingerprint density at radius 3 is 2.69 bits per heavy atom. The number of aliphatic hydroxyl groups excluding tert-OH is 1. The summed E-state index contributed by atoms with van der Waals surface area (Å²) < 4.78 is 5.50. The fourth-order valence-electron chi connectivity index (χ4n) is 3.47. The highest BCUT2D eigenvalue weighted by Gasteiger charge is 2.46. The van der Waals surface area contributed by atoms with Crippen LogP contribution in [0.5, 0.6) is 5.75 Å². The van der Waals surface area contributed by atoms with Crippen LogP contribution in [-0.4, -0.2) is 60.4 Å². The van der Waals surface area contributed by atoms with Crippen LogP contribution in [0.3, 0.4) is 0 Å². The number of benzene rings is 1. The summed E-state index contributed by atoms with van der Waals surface area (Å²) in [5.41, 5.74) is 0.597. The predicted octanol–water partition coefficient (Wildman–Crippen LogP) is 3.52. The number of thiophene rings is 1. The standard InChI is InChI=1S/C22H26N2O4S/c1-4-28-16-9-5-8-15(14-16)20(25)18-19(17-10-6-13-29-17)24(22(27)21(18)26)12-7-11-23(2)3/h5-6,8-10,13-14,19,25H,4,7,11-12H2,1-3H3/b20-18-. The lowest BCUT2D eigenvalue weighted by Crippen LogP contribution is -2.32. The lowest BCUT2D eigenvalue weighted by atomic mass is 9.99. The fourth-order valence-corrected chi connectivity index (χ4v) is 4.31. The molecule has 1 N–H and O–H groups in total. The molecule has 3 rings (SSSR count). The van der Waals surface area contributed by atoms with Crippen LogP contribution in [0, 0.1) is 0 Å². The van der Waals surface area contributed by atoms with E-state index in [2.05, 4.69) is 0 Å². The fraction of sp³-hybridized carbons (Fsp3) is 0.364. The zero-order valence-corrected chi connectivity index (χ0v) is 17.7. The Morgan fingerprint density at radius 2 is 2.03 bits per heavy atom. The van der Waals surface area contributed by atoms with Crippen molar-refractivity contribution in [2.24, 2.45) is 0 Å². The third kappa shape index (κ3) is 4.52. The third-order valence-corrected chi connectivity index (χ3v) is 5.70. The molecule has 7 heteroatoms. The third-order valence-electron chi connectivity index (χ3n) is 4.78. The summed E-state index contributed by atoms with van der Waals surface area (Å²) in [6.07, 6.45) is 0.738. The quantitative estimate of drug-likeness (QED) is 0.407. The van der Waals surface area contributed by atoms with E-state index in [1.54, 1.807) is 29.2 Å². The second-order valence-corrected chi connectivity index (χ2v) is 8.10. The molecule has 6 nitrogen and oxygen atoms in total. The molecule has 2 heterocycles. The van der Waals surface area contributed by atoms with Gasteiger partial charge in [0, 0.05) is 17.0 Å². The first-order valence-electron chi connectivity index (χ1n) is 9.63. The second-order valence-electron chi connectivity index (χ2n) is 7.13. The van der Waals surface area contributed by atoms with Crippen molar-refractivity contribution in [2.75, 3.05) is 33.8 Å². The van der Waals surface area contributed by atoms with Gasteiger partial charge in [0.05, 0.1) is 18.2 Å². The topological polar surface area (TPSA) is 70.1 Å². The molecule has 29 heavy (non-hydrogen) atoms. The van der Waals surface area contributed by atoms with Crippen LogP contribution in [-0.2, 0) is 9.59 Å². The Bertz CT molecular complexity index is 905. The number of rotatable bonds is 8. The highest BCUT2D eigenvalue weighted by Crippen LogP contribution is 2.41. The van der Waals surface area contributed by atoms with Gasteiger partial charge < -0.3 is 19.6 Å². The van der Waals surface area contributed by atoms with Crippen molar-refractivity contribution < 1.29 is 19.4 Å². The molecule has 0 aliphatic carbocycles. The monoisotopic (exact) mass is 414 g/mol. The van der Waals surface area contributed by atoms with Gasteiger partial charge in [-0.3, -0.25) is 9.59 Å². The van der Waals surface area contributed by atoms with Crippen molar-refractivity contribution in [1.82, 2.24) is 9.80 Å². The van der Waals surface area contributed by atoms with Gasteiger partial charge in [-0.25, -0.2) is 0 Å². The minimum Gasteiger partial charge on any atom is -0.507 e. The number of hydrogen-bond donors (Lipinski definition) is 1. The number of likely N-dealkylation sites (tertiary alicyclic amines) is 1. The van der Waals surface area contributed by atoms with Crippen molar-refractivity contribution in [3.8, 4) is 5.75 Å². The zero-order chi connectivity index (χ0) is 21.0. The molecule has 1 saturated heterocycles. The smallest absolute Gasteiger partial charge is 0.295 e. The molecule has 2 aromatic rings. The van der Waals surface area contributed by atoms with Crippen LogP contribution in [0.15, 0.2) is 47.4 Å². The number of amides is 1.